The summed E-state index contributed by atoms with van der Waals surface area (Å²) in [6, 6.07) is 8.36. The number of aromatic nitrogens is 4. The highest BCUT2D eigenvalue weighted by Crippen LogP contribution is 2.38. The van der Waals surface area contributed by atoms with E-state index in [1.165, 1.54) is 11.1 Å². The smallest absolute Gasteiger partial charge is 0.278 e. The van der Waals surface area contributed by atoms with Crippen LogP contribution in [0.25, 0.3) is 11.6 Å². The molecule has 0 saturated heterocycles. The molecule has 0 fully saturated rings. The molecule has 1 aliphatic rings. The van der Waals surface area contributed by atoms with Gasteiger partial charge < -0.3 is 14.8 Å². The van der Waals surface area contributed by atoms with Crippen LogP contribution in [0, 0.1) is 0 Å². The molecule has 2 aromatic heterocycles. The van der Waals surface area contributed by atoms with Crippen LogP contribution in [-0.4, -0.2) is 26.2 Å². The predicted molar refractivity (Wildman–Crippen MR) is 76.6 cm³/mol. The molecule has 106 valence electrons. The summed E-state index contributed by atoms with van der Waals surface area (Å²) in [7, 11) is 0. The van der Waals surface area contributed by atoms with E-state index < -0.39 is 0 Å². The standard InChI is InChI=1S/C15H15N5O/c16-5-6-20-8-13(17-9-20)15-18-14(19-21-15)12-7-10-3-1-2-4-11(10)12/h1-4,8-9,12H,5-7,16H2. The molecule has 1 aromatic carbocycles. The lowest BCUT2D eigenvalue weighted by Crippen LogP contribution is -2.19. The van der Waals surface area contributed by atoms with Gasteiger partial charge in [-0.1, -0.05) is 29.4 Å². The van der Waals surface area contributed by atoms with Crippen LogP contribution in [-0.2, 0) is 13.0 Å². The van der Waals surface area contributed by atoms with Crippen LogP contribution in [0.3, 0.4) is 0 Å². The topological polar surface area (TPSA) is 82.8 Å². The molecule has 0 spiro atoms. The van der Waals surface area contributed by atoms with Crippen LogP contribution in [0.2, 0.25) is 0 Å². The summed E-state index contributed by atoms with van der Waals surface area (Å²) >= 11 is 0. The van der Waals surface area contributed by atoms with Gasteiger partial charge in [0.05, 0.1) is 12.2 Å². The predicted octanol–water partition coefficient (Wildman–Crippen LogP) is 1.58. The first-order chi connectivity index (χ1) is 10.3. The maximum atomic E-state index is 5.52. The van der Waals surface area contributed by atoms with Gasteiger partial charge in [0.15, 0.2) is 5.82 Å². The molecule has 3 aromatic rings. The maximum Gasteiger partial charge on any atom is 0.278 e. The van der Waals surface area contributed by atoms with Crippen LogP contribution < -0.4 is 5.73 Å². The van der Waals surface area contributed by atoms with Gasteiger partial charge in [0.1, 0.15) is 5.69 Å². The minimum atomic E-state index is 0.241. The van der Waals surface area contributed by atoms with E-state index in [2.05, 4.69) is 33.3 Å². The van der Waals surface area contributed by atoms with E-state index in [1.807, 2.05) is 16.8 Å². The Bertz CT molecular complexity index is 776. The molecule has 2 heterocycles. The SMILES string of the molecule is NCCn1cnc(-c2nc(C3Cc4ccccc43)no2)c1. The van der Waals surface area contributed by atoms with Crippen molar-refractivity contribution in [3.8, 4) is 11.6 Å². The molecule has 0 aliphatic heterocycles. The third-order valence-corrected chi connectivity index (χ3v) is 3.85. The summed E-state index contributed by atoms with van der Waals surface area (Å²) in [4.78, 5) is 8.77. The molecule has 1 atom stereocenters. The molecule has 0 bridgehead atoms. The summed E-state index contributed by atoms with van der Waals surface area (Å²) < 4.78 is 7.26. The zero-order valence-electron chi connectivity index (χ0n) is 11.4. The van der Waals surface area contributed by atoms with Crippen molar-refractivity contribution < 1.29 is 4.52 Å². The molecule has 0 amide bonds. The van der Waals surface area contributed by atoms with E-state index >= 15 is 0 Å². The largest absolute Gasteiger partial charge is 0.335 e. The zero-order valence-corrected chi connectivity index (χ0v) is 11.4. The molecule has 2 N–H and O–H groups in total. The Hall–Kier alpha value is -2.47. The summed E-state index contributed by atoms with van der Waals surface area (Å²) in [6.07, 6.45) is 4.57. The number of benzene rings is 1. The fourth-order valence-electron chi connectivity index (χ4n) is 2.71. The van der Waals surface area contributed by atoms with Crippen molar-refractivity contribution in [2.75, 3.05) is 6.54 Å². The summed E-state index contributed by atoms with van der Waals surface area (Å²) in [5, 5.41) is 4.11. The minimum Gasteiger partial charge on any atom is -0.335 e. The Morgan fingerprint density at radius 2 is 2.24 bits per heavy atom. The van der Waals surface area contributed by atoms with Crippen molar-refractivity contribution >= 4 is 0 Å². The van der Waals surface area contributed by atoms with E-state index in [9.17, 15) is 0 Å². The molecular formula is C15H15N5O. The molecule has 0 saturated carbocycles. The first-order valence-electron chi connectivity index (χ1n) is 6.99. The van der Waals surface area contributed by atoms with Crippen LogP contribution >= 0.6 is 0 Å². The molecular weight excluding hydrogens is 266 g/mol. The quantitative estimate of drug-likeness (QED) is 0.785. The van der Waals surface area contributed by atoms with Gasteiger partial charge in [-0.05, 0) is 17.5 Å². The van der Waals surface area contributed by atoms with Crippen LogP contribution in [0.5, 0.6) is 0 Å². The van der Waals surface area contributed by atoms with Crippen molar-refractivity contribution in [2.24, 2.45) is 5.73 Å². The fraction of sp³-hybridized carbons (Fsp3) is 0.267. The number of fused-ring (bicyclic) bond motifs is 1. The first-order valence-corrected chi connectivity index (χ1v) is 6.99. The van der Waals surface area contributed by atoms with Crippen molar-refractivity contribution in [3.05, 3.63) is 53.7 Å². The Morgan fingerprint density at radius 1 is 1.33 bits per heavy atom. The molecule has 1 unspecified atom stereocenters. The normalized spacial score (nSPS) is 16.5. The summed E-state index contributed by atoms with van der Waals surface area (Å²) in [5.41, 5.74) is 8.87. The Morgan fingerprint density at radius 3 is 3.10 bits per heavy atom. The lowest BCUT2D eigenvalue weighted by Gasteiger charge is -2.27. The Labute approximate surface area is 121 Å². The van der Waals surface area contributed by atoms with E-state index in [0.29, 0.717) is 18.1 Å². The molecule has 6 heteroatoms. The molecule has 6 nitrogen and oxygen atoms in total. The van der Waals surface area contributed by atoms with Gasteiger partial charge in [-0.3, -0.25) is 0 Å². The minimum absolute atomic E-state index is 0.241. The second-order valence-corrected chi connectivity index (χ2v) is 5.20. The zero-order chi connectivity index (χ0) is 14.2. The van der Waals surface area contributed by atoms with Crippen molar-refractivity contribution in [1.82, 2.24) is 19.7 Å². The van der Waals surface area contributed by atoms with Crippen molar-refractivity contribution in [3.63, 3.8) is 0 Å². The maximum absolute atomic E-state index is 5.52. The third-order valence-electron chi connectivity index (χ3n) is 3.85. The average Bonchev–Trinajstić information content (AvgIpc) is 3.10. The Balaban J connectivity index is 1.59. The summed E-state index contributed by atoms with van der Waals surface area (Å²) in [6.45, 7) is 1.30. The first kappa shape index (κ1) is 12.3. The monoisotopic (exact) mass is 281 g/mol. The molecule has 4 rings (SSSR count). The highest BCUT2D eigenvalue weighted by Gasteiger charge is 2.31. The lowest BCUT2D eigenvalue weighted by molar-refractivity contribution is 0.415. The fourth-order valence-corrected chi connectivity index (χ4v) is 2.71. The van der Waals surface area contributed by atoms with E-state index in [-0.39, 0.29) is 5.92 Å². The van der Waals surface area contributed by atoms with Gasteiger partial charge in [0.2, 0.25) is 0 Å². The van der Waals surface area contributed by atoms with Crippen LogP contribution in [0.15, 0.2) is 41.3 Å². The van der Waals surface area contributed by atoms with Gasteiger partial charge in [0.25, 0.3) is 5.89 Å². The number of hydrogen-bond acceptors (Lipinski definition) is 5. The van der Waals surface area contributed by atoms with Gasteiger partial charge >= 0.3 is 0 Å². The third kappa shape index (κ3) is 2.04. The van der Waals surface area contributed by atoms with E-state index in [0.717, 1.165) is 18.8 Å². The second-order valence-electron chi connectivity index (χ2n) is 5.20. The molecule has 1 aliphatic carbocycles. The average molecular weight is 281 g/mol. The summed E-state index contributed by atoms with van der Waals surface area (Å²) in [5.74, 6) is 1.44. The molecule has 21 heavy (non-hydrogen) atoms. The number of hydrogen-bond donors (Lipinski definition) is 1. The van der Waals surface area contributed by atoms with Crippen molar-refractivity contribution in [2.45, 2.75) is 18.9 Å². The van der Waals surface area contributed by atoms with E-state index in [4.69, 9.17) is 10.3 Å². The number of nitrogens with zero attached hydrogens (tertiary/aromatic N) is 4. The van der Waals surface area contributed by atoms with Gasteiger partial charge in [-0.15, -0.1) is 0 Å². The van der Waals surface area contributed by atoms with Crippen LogP contribution in [0.4, 0.5) is 0 Å². The molecule has 0 radical (unpaired) electrons. The number of imidazole rings is 1. The van der Waals surface area contributed by atoms with Crippen LogP contribution in [0.1, 0.15) is 22.9 Å². The number of rotatable bonds is 4. The van der Waals surface area contributed by atoms with Crippen molar-refractivity contribution in [1.29, 1.82) is 0 Å². The van der Waals surface area contributed by atoms with Gasteiger partial charge in [-0.2, -0.15) is 4.98 Å². The highest BCUT2D eigenvalue weighted by molar-refractivity contribution is 5.47. The van der Waals surface area contributed by atoms with Gasteiger partial charge in [-0.25, -0.2) is 4.98 Å². The van der Waals surface area contributed by atoms with E-state index in [1.54, 1.807) is 6.33 Å². The second kappa shape index (κ2) is 4.82. The lowest BCUT2D eigenvalue weighted by atomic mass is 9.77. The Kier molecular flexibility index (Phi) is 2.82. The van der Waals surface area contributed by atoms with Gasteiger partial charge in [0, 0.05) is 19.3 Å². The highest BCUT2D eigenvalue weighted by atomic mass is 16.5. The number of nitrogens with two attached hydrogens (primary N) is 1.